The Kier molecular flexibility index (Phi) is 6.53. The predicted octanol–water partition coefficient (Wildman–Crippen LogP) is 4.74. The molecule has 1 saturated carbocycles. The summed E-state index contributed by atoms with van der Waals surface area (Å²) in [6.45, 7) is 4.00. The molecule has 1 aliphatic rings. The highest BCUT2D eigenvalue weighted by Gasteiger charge is 2.33. The molecule has 0 saturated heterocycles. The number of hydrogen-bond donors (Lipinski definition) is 1. The molecule has 0 amide bonds. The highest BCUT2D eigenvalue weighted by Crippen LogP contribution is 2.45. The van der Waals surface area contributed by atoms with E-state index in [0.29, 0.717) is 5.41 Å². The van der Waals surface area contributed by atoms with Crippen molar-refractivity contribution < 1.29 is 14.3 Å². The summed E-state index contributed by atoms with van der Waals surface area (Å²) in [7, 11) is 0. The number of alkyl halides is 1. The zero-order valence-corrected chi connectivity index (χ0v) is 12.3. The highest BCUT2D eigenvalue weighted by atomic mass is 19.1. The summed E-state index contributed by atoms with van der Waals surface area (Å²) in [5.41, 5.74) is 0.440. The summed E-state index contributed by atoms with van der Waals surface area (Å²) in [6, 6.07) is 0. The highest BCUT2D eigenvalue weighted by molar-refractivity contribution is 5.89. The lowest BCUT2D eigenvalue weighted by molar-refractivity contribution is -0.115. The number of rotatable bonds is 7. The third-order valence-electron chi connectivity index (χ3n) is 4.83. The molecule has 1 aliphatic carbocycles. The van der Waals surface area contributed by atoms with Crippen LogP contribution in [0.1, 0.15) is 65.2 Å². The Morgan fingerprint density at radius 3 is 2.37 bits per heavy atom. The van der Waals surface area contributed by atoms with Crippen molar-refractivity contribution in [2.75, 3.05) is 6.67 Å². The molecule has 0 aromatic carbocycles. The summed E-state index contributed by atoms with van der Waals surface area (Å²) >= 11 is 0. The van der Waals surface area contributed by atoms with E-state index in [0.717, 1.165) is 25.7 Å². The number of carbonyl (C=O) groups excluding carboxylic acids is 1. The second kappa shape index (κ2) is 7.66. The van der Waals surface area contributed by atoms with E-state index >= 15 is 0 Å². The number of carbonyl (C=O) groups is 1. The van der Waals surface area contributed by atoms with Crippen molar-refractivity contribution >= 4 is 5.78 Å². The lowest BCUT2D eigenvalue weighted by Gasteiger charge is -2.38. The zero-order valence-electron chi connectivity index (χ0n) is 12.3. The molecular formula is C16H27FO2. The van der Waals surface area contributed by atoms with Crippen LogP contribution in [0.3, 0.4) is 0 Å². The van der Waals surface area contributed by atoms with Crippen molar-refractivity contribution in [3.8, 4) is 0 Å². The first kappa shape index (κ1) is 16.2. The van der Waals surface area contributed by atoms with E-state index in [1.54, 1.807) is 0 Å². The van der Waals surface area contributed by atoms with Crippen molar-refractivity contribution in [2.24, 2.45) is 11.3 Å². The van der Waals surface area contributed by atoms with Crippen LogP contribution < -0.4 is 0 Å². The minimum absolute atomic E-state index is 0.126. The first-order chi connectivity index (χ1) is 9.06. The van der Waals surface area contributed by atoms with Gasteiger partial charge in [-0.3, -0.25) is 9.18 Å². The van der Waals surface area contributed by atoms with E-state index in [1.807, 2.05) is 0 Å². The van der Waals surface area contributed by atoms with Gasteiger partial charge in [-0.15, -0.1) is 0 Å². The Morgan fingerprint density at radius 2 is 1.89 bits per heavy atom. The number of hydrogen-bond acceptors (Lipinski definition) is 2. The van der Waals surface area contributed by atoms with Gasteiger partial charge in [0.15, 0.2) is 5.78 Å². The van der Waals surface area contributed by atoms with Gasteiger partial charge < -0.3 is 5.11 Å². The van der Waals surface area contributed by atoms with Gasteiger partial charge in [0.2, 0.25) is 0 Å². The molecule has 0 radical (unpaired) electrons. The molecule has 3 heteroatoms. The van der Waals surface area contributed by atoms with Gasteiger partial charge in [-0.1, -0.05) is 26.7 Å². The second-order valence-electron chi connectivity index (χ2n) is 5.81. The molecule has 0 aliphatic heterocycles. The molecule has 0 bridgehead atoms. The van der Waals surface area contributed by atoms with E-state index in [4.69, 9.17) is 0 Å². The monoisotopic (exact) mass is 270 g/mol. The lowest BCUT2D eigenvalue weighted by Crippen LogP contribution is -2.27. The molecule has 0 aromatic heterocycles. The molecular weight excluding hydrogens is 243 g/mol. The smallest absolute Gasteiger partial charge is 0.159 e. The quantitative estimate of drug-likeness (QED) is 0.535. The summed E-state index contributed by atoms with van der Waals surface area (Å²) < 4.78 is 12.0. The first-order valence-electron chi connectivity index (χ1n) is 7.56. The Morgan fingerprint density at radius 1 is 1.32 bits per heavy atom. The van der Waals surface area contributed by atoms with Crippen molar-refractivity contribution in [3.63, 3.8) is 0 Å². The number of ketones is 1. The third-order valence-corrected chi connectivity index (χ3v) is 4.83. The van der Waals surface area contributed by atoms with Gasteiger partial charge in [-0.2, -0.15) is 0 Å². The van der Waals surface area contributed by atoms with Crippen LogP contribution in [0.25, 0.3) is 0 Å². The predicted molar refractivity (Wildman–Crippen MR) is 75.9 cm³/mol. The van der Waals surface area contributed by atoms with Gasteiger partial charge in [-0.05, 0) is 37.5 Å². The standard InChI is InChI=1S/C16H27FO2/c1-3-16(4-2)9-7-13(8-10-16)15(19)12-14(18)6-5-11-17/h12-13,19H,3-11H2,1-2H3/b15-12-. The molecule has 0 spiro atoms. The fourth-order valence-electron chi connectivity index (χ4n) is 3.08. The number of allylic oxidation sites excluding steroid dienone is 2. The van der Waals surface area contributed by atoms with E-state index in [9.17, 15) is 14.3 Å². The van der Waals surface area contributed by atoms with Crippen LogP contribution in [0.5, 0.6) is 0 Å². The third kappa shape index (κ3) is 4.63. The van der Waals surface area contributed by atoms with Crippen molar-refractivity contribution in [3.05, 3.63) is 11.8 Å². The average molecular weight is 270 g/mol. The Balaban J connectivity index is 2.50. The normalized spacial score (nSPS) is 20.5. The minimum Gasteiger partial charge on any atom is -0.512 e. The van der Waals surface area contributed by atoms with Crippen molar-refractivity contribution in [1.82, 2.24) is 0 Å². The van der Waals surface area contributed by atoms with Crippen molar-refractivity contribution in [2.45, 2.75) is 65.2 Å². The van der Waals surface area contributed by atoms with Gasteiger partial charge in [0.25, 0.3) is 0 Å². The van der Waals surface area contributed by atoms with Crippen LogP contribution in [0.2, 0.25) is 0 Å². The summed E-state index contributed by atoms with van der Waals surface area (Å²) in [4.78, 5) is 11.5. The Labute approximate surface area is 116 Å². The molecule has 0 unspecified atom stereocenters. The second-order valence-corrected chi connectivity index (χ2v) is 5.81. The number of aliphatic hydroxyl groups is 1. The molecule has 0 atom stereocenters. The molecule has 0 heterocycles. The van der Waals surface area contributed by atoms with Crippen LogP contribution in [-0.4, -0.2) is 17.6 Å². The van der Waals surface area contributed by atoms with Gasteiger partial charge in [-0.25, -0.2) is 0 Å². The first-order valence-corrected chi connectivity index (χ1v) is 7.56. The Hall–Kier alpha value is -0.860. The van der Waals surface area contributed by atoms with Gasteiger partial charge in [0.1, 0.15) is 0 Å². The summed E-state index contributed by atoms with van der Waals surface area (Å²) in [6.07, 6.45) is 8.32. The van der Waals surface area contributed by atoms with E-state index in [1.165, 1.54) is 18.9 Å². The number of halogens is 1. The maximum Gasteiger partial charge on any atom is 0.159 e. The fourth-order valence-corrected chi connectivity index (χ4v) is 3.08. The van der Waals surface area contributed by atoms with Gasteiger partial charge in [0, 0.05) is 18.4 Å². The van der Waals surface area contributed by atoms with Crippen LogP contribution >= 0.6 is 0 Å². The van der Waals surface area contributed by atoms with Crippen molar-refractivity contribution in [1.29, 1.82) is 0 Å². The topological polar surface area (TPSA) is 37.3 Å². The Bertz CT molecular complexity index is 309. The lowest BCUT2D eigenvalue weighted by atomic mass is 9.67. The molecule has 0 aromatic rings. The van der Waals surface area contributed by atoms with Crippen LogP contribution in [0.4, 0.5) is 4.39 Å². The SMILES string of the molecule is CCC1(CC)CCC(/C(O)=C/C(=O)CCCF)CC1. The molecule has 19 heavy (non-hydrogen) atoms. The summed E-state index contributed by atoms with van der Waals surface area (Å²) in [5, 5.41) is 10.0. The van der Waals surface area contributed by atoms with E-state index in [-0.39, 0.29) is 30.3 Å². The maximum atomic E-state index is 12.0. The molecule has 1 rings (SSSR count). The van der Waals surface area contributed by atoms with Gasteiger partial charge in [0.05, 0.1) is 12.4 Å². The fraction of sp³-hybridized carbons (Fsp3) is 0.812. The summed E-state index contributed by atoms with van der Waals surface area (Å²) in [5.74, 6) is 0.184. The maximum absolute atomic E-state index is 12.0. The van der Waals surface area contributed by atoms with Crippen LogP contribution in [0, 0.1) is 11.3 Å². The minimum atomic E-state index is -0.473. The van der Waals surface area contributed by atoms with Crippen LogP contribution in [-0.2, 0) is 4.79 Å². The van der Waals surface area contributed by atoms with Crippen LogP contribution in [0.15, 0.2) is 11.8 Å². The number of aliphatic hydroxyl groups excluding tert-OH is 1. The zero-order chi connectivity index (χ0) is 14.3. The van der Waals surface area contributed by atoms with E-state index in [2.05, 4.69) is 13.8 Å². The van der Waals surface area contributed by atoms with Gasteiger partial charge >= 0.3 is 0 Å². The van der Waals surface area contributed by atoms with E-state index < -0.39 is 6.67 Å². The molecule has 110 valence electrons. The largest absolute Gasteiger partial charge is 0.512 e. The molecule has 1 N–H and O–H groups in total. The molecule has 2 nitrogen and oxygen atoms in total. The average Bonchev–Trinajstić information content (AvgIpc) is 2.45. The molecule has 1 fully saturated rings.